The molecule has 0 atom stereocenters. The first-order valence-corrected chi connectivity index (χ1v) is 5.67. The first kappa shape index (κ1) is 15.0. The highest BCUT2D eigenvalue weighted by atomic mass is 19.4. The molecule has 0 saturated heterocycles. The summed E-state index contributed by atoms with van der Waals surface area (Å²) in [6.07, 6.45) is -4.74. The van der Waals surface area contributed by atoms with Gasteiger partial charge < -0.3 is 5.21 Å². The maximum Gasteiger partial charge on any atom is 0.416 e. The van der Waals surface area contributed by atoms with E-state index in [1.807, 2.05) is 0 Å². The Morgan fingerprint density at radius 1 is 0.857 bits per heavy atom. The summed E-state index contributed by atoms with van der Waals surface area (Å²) in [7, 11) is 0. The van der Waals surface area contributed by atoms with Gasteiger partial charge >= 0.3 is 6.18 Å². The van der Waals surface area contributed by atoms with Crippen molar-refractivity contribution in [3.8, 4) is 0 Å². The van der Waals surface area contributed by atoms with Crippen LogP contribution in [0.15, 0.2) is 47.6 Å². The van der Waals surface area contributed by atoms with Crippen LogP contribution in [-0.2, 0) is 6.18 Å². The highest BCUT2D eigenvalue weighted by Crippen LogP contribution is 2.31. The number of benzene rings is 2. The van der Waals surface area contributed by atoms with E-state index in [9.17, 15) is 22.0 Å². The molecule has 7 heteroatoms. The first-order valence-electron chi connectivity index (χ1n) is 5.67. The molecule has 2 aromatic rings. The Hall–Kier alpha value is -2.44. The van der Waals surface area contributed by atoms with E-state index in [-0.39, 0.29) is 16.8 Å². The van der Waals surface area contributed by atoms with E-state index < -0.39 is 23.4 Å². The zero-order chi connectivity index (χ0) is 15.6. The van der Waals surface area contributed by atoms with E-state index >= 15 is 0 Å². The second-order valence-electron chi connectivity index (χ2n) is 4.18. The minimum atomic E-state index is -4.74. The van der Waals surface area contributed by atoms with Crippen LogP contribution in [0.25, 0.3) is 0 Å². The van der Waals surface area contributed by atoms with Gasteiger partial charge in [-0.25, -0.2) is 8.78 Å². The van der Waals surface area contributed by atoms with Crippen molar-refractivity contribution >= 4 is 5.71 Å². The fraction of sp³-hybridized carbons (Fsp3) is 0.0714. The normalized spacial score (nSPS) is 12.5. The van der Waals surface area contributed by atoms with Crippen LogP contribution in [0.3, 0.4) is 0 Å². The van der Waals surface area contributed by atoms with Gasteiger partial charge in [0.1, 0.15) is 17.3 Å². The number of halogens is 5. The third kappa shape index (κ3) is 3.36. The van der Waals surface area contributed by atoms with Gasteiger partial charge in [0, 0.05) is 11.1 Å². The lowest BCUT2D eigenvalue weighted by atomic mass is 10.00. The van der Waals surface area contributed by atoms with E-state index in [4.69, 9.17) is 5.21 Å². The summed E-state index contributed by atoms with van der Waals surface area (Å²) in [4.78, 5) is 0. The molecule has 0 aliphatic heterocycles. The zero-order valence-corrected chi connectivity index (χ0v) is 10.3. The van der Waals surface area contributed by atoms with Crippen LogP contribution in [0, 0.1) is 11.6 Å². The third-order valence-corrected chi connectivity index (χ3v) is 2.72. The van der Waals surface area contributed by atoms with E-state index in [0.717, 1.165) is 18.2 Å². The van der Waals surface area contributed by atoms with Crippen LogP contribution in [-0.4, -0.2) is 10.9 Å². The topological polar surface area (TPSA) is 32.6 Å². The Morgan fingerprint density at radius 3 is 2.00 bits per heavy atom. The first-order chi connectivity index (χ1) is 9.81. The molecule has 2 aromatic carbocycles. The van der Waals surface area contributed by atoms with E-state index in [2.05, 4.69) is 5.16 Å². The number of alkyl halides is 3. The molecule has 0 aromatic heterocycles. The summed E-state index contributed by atoms with van der Waals surface area (Å²) in [5.74, 6) is -1.69. The molecule has 0 fully saturated rings. The van der Waals surface area contributed by atoms with Crippen molar-refractivity contribution in [2.24, 2.45) is 5.16 Å². The molecule has 0 saturated carbocycles. The number of rotatable bonds is 2. The molecule has 0 heterocycles. The molecule has 2 rings (SSSR count). The van der Waals surface area contributed by atoms with Crippen molar-refractivity contribution in [1.29, 1.82) is 0 Å². The standard InChI is InChI=1S/C14H8F5NO/c15-11-3-1-8(2-4-11)13(20-21)9-5-10(14(17,18)19)7-12(16)6-9/h1-7,21H/b20-13+. The van der Waals surface area contributed by atoms with Crippen molar-refractivity contribution in [1.82, 2.24) is 0 Å². The third-order valence-electron chi connectivity index (χ3n) is 2.72. The average molecular weight is 301 g/mol. The molecule has 0 unspecified atom stereocenters. The molecule has 0 radical (unpaired) electrons. The molecule has 21 heavy (non-hydrogen) atoms. The largest absolute Gasteiger partial charge is 0.416 e. The van der Waals surface area contributed by atoms with Crippen molar-refractivity contribution in [2.75, 3.05) is 0 Å². The summed E-state index contributed by atoms with van der Waals surface area (Å²) in [6.45, 7) is 0. The highest BCUT2D eigenvalue weighted by molar-refractivity contribution is 6.12. The van der Waals surface area contributed by atoms with Gasteiger partial charge in [-0.15, -0.1) is 0 Å². The molecule has 2 nitrogen and oxygen atoms in total. The average Bonchev–Trinajstić information content (AvgIpc) is 2.40. The van der Waals surface area contributed by atoms with Crippen LogP contribution in [0.5, 0.6) is 0 Å². The molecule has 110 valence electrons. The number of hydrogen-bond acceptors (Lipinski definition) is 2. The zero-order valence-electron chi connectivity index (χ0n) is 10.3. The van der Waals surface area contributed by atoms with Crippen LogP contribution >= 0.6 is 0 Å². The van der Waals surface area contributed by atoms with E-state index in [0.29, 0.717) is 12.1 Å². The summed E-state index contributed by atoms with van der Waals surface area (Å²) < 4.78 is 64.1. The summed E-state index contributed by atoms with van der Waals surface area (Å²) in [5, 5.41) is 11.9. The molecule has 0 aliphatic carbocycles. The van der Waals surface area contributed by atoms with Gasteiger partial charge in [-0.05, 0) is 42.5 Å². The quantitative estimate of drug-likeness (QED) is 0.383. The summed E-state index contributed by atoms with van der Waals surface area (Å²) >= 11 is 0. The van der Waals surface area contributed by atoms with E-state index in [1.54, 1.807) is 0 Å². The molecule has 0 aliphatic rings. The van der Waals surface area contributed by atoms with Gasteiger partial charge in [0.15, 0.2) is 0 Å². The van der Waals surface area contributed by atoms with Crippen LogP contribution in [0.4, 0.5) is 22.0 Å². The Kier molecular flexibility index (Phi) is 3.93. The Morgan fingerprint density at radius 2 is 1.48 bits per heavy atom. The maximum absolute atomic E-state index is 13.3. The summed E-state index contributed by atoms with van der Waals surface area (Å²) in [5.41, 5.74) is -1.62. The smallest absolute Gasteiger partial charge is 0.410 e. The second-order valence-corrected chi connectivity index (χ2v) is 4.18. The van der Waals surface area contributed by atoms with Crippen molar-refractivity contribution in [3.05, 3.63) is 70.8 Å². The highest BCUT2D eigenvalue weighted by Gasteiger charge is 2.31. The lowest BCUT2D eigenvalue weighted by Gasteiger charge is -2.10. The Bertz CT molecular complexity index is 677. The number of hydrogen-bond donors (Lipinski definition) is 1. The molecule has 0 spiro atoms. The SMILES string of the molecule is O/N=C(\c1ccc(F)cc1)c1cc(F)cc(C(F)(F)F)c1. The molecule has 1 N–H and O–H groups in total. The number of oxime groups is 1. The number of nitrogens with zero attached hydrogens (tertiary/aromatic N) is 1. The van der Waals surface area contributed by atoms with Gasteiger partial charge in [0.25, 0.3) is 0 Å². The predicted octanol–water partition coefficient (Wildman–Crippen LogP) is 4.21. The lowest BCUT2D eigenvalue weighted by Crippen LogP contribution is -2.10. The maximum atomic E-state index is 13.3. The Balaban J connectivity index is 2.53. The van der Waals surface area contributed by atoms with Gasteiger partial charge in [0.05, 0.1) is 5.56 Å². The van der Waals surface area contributed by atoms with Crippen LogP contribution in [0.1, 0.15) is 16.7 Å². The summed E-state index contributed by atoms with van der Waals surface area (Å²) in [6, 6.07) is 6.30. The van der Waals surface area contributed by atoms with Gasteiger partial charge in [-0.2, -0.15) is 13.2 Å². The minimum Gasteiger partial charge on any atom is -0.410 e. The monoisotopic (exact) mass is 301 g/mol. The fourth-order valence-electron chi connectivity index (χ4n) is 1.78. The van der Waals surface area contributed by atoms with Gasteiger partial charge in [-0.1, -0.05) is 5.16 Å². The van der Waals surface area contributed by atoms with Gasteiger partial charge in [0.2, 0.25) is 0 Å². The molecule has 0 bridgehead atoms. The lowest BCUT2D eigenvalue weighted by molar-refractivity contribution is -0.137. The molecular weight excluding hydrogens is 293 g/mol. The van der Waals surface area contributed by atoms with Gasteiger partial charge in [-0.3, -0.25) is 0 Å². The minimum absolute atomic E-state index is 0.151. The van der Waals surface area contributed by atoms with Crippen molar-refractivity contribution < 1.29 is 27.2 Å². The second kappa shape index (κ2) is 5.51. The molecule has 0 amide bonds. The van der Waals surface area contributed by atoms with Crippen LogP contribution in [0.2, 0.25) is 0 Å². The molecular formula is C14H8F5NO. The van der Waals surface area contributed by atoms with E-state index in [1.165, 1.54) is 12.1 Å². The van der Waals surface area contributed by atoms with Crippen molar-refractivity contribution in [3.63, 3.8) is 0 Å². The Labute approximate surface area is 116 Å². The predicted molar refractivity (Wildman–Crippen MR) is 65.2 cm³/mol. The van der Waals surface area contributed by atoms with Crippen molar-refractivity contribution in [2.45, 2.75) is 6.18 Å². The van der Waals surface area contributed by atoms with Crippen LogP contribution < -0.4 is 0 Å². The fourth-order valence-corrected chi connectivity index (χ4v) is 1.78.